The number of β-amino-alcohol motifs (C(OH)–C–C–N with tert-alkyl or cyclic N) is 1. The van der Waals surface area contributed by atoms with Crippen LogP contribution in [0.25, 0.3) is 22.3 Å². The van der Waals surface area contributed by atoms with Gasteiger partial charge in [-0.2, -0.15) is 0 Å². The van der Waals surface area contributed by atoms with Gasteiger partial charge in [-0.3, -0.25) is 4.90 Å². The van der Waals surface area contributed by atoms with Crippen molar-refractivity contribution in [2.24, 2.45) is 0 Å². The van der Waals surface area contributed by atoms with Crippen molar-refractivity contribution in [2.45, 2.75) is 57.5 Å². The number of benzene rings is 1. The molecule has 13 heteroatoms. The van der Waals surface area contributed by atoms with Gasteiger partial charge in [0, 0.05) is 31.3 Å². The maximum atomic E-state index is 15.3. The number of halogens is 2. The van der Waals surface area contributed by atoms with E-state index < -0.39 is 17.5 Å². The number of likely N-dealkylation sites (tertiary alicyclic amines) is 1. The molecule has 2 fully saturated rings. The Kier molecular flexibility index (Phi) is 8.75. The van der Waals surface area contributed by atoms with Gasteiger partial charge < -0.3 is 35.8 Å². The minimum absolute atomic E-state index is 0. The Morgan fingerprint density at radius 1 is 1.27 bits per heavy atom. The number of aliphatic hydroxyl groups is 2. The van der Waals surface area contributed by atoms with Crippen LogP contribution >= 0.6 is 11.6 Å². The van der Waals surface area contributed by atoms with Crippen LogP contribution in [0.2, 0.25) is 5.02 Å². The first-order valence-electron chi connectivity index (χ1n) is 11.8. The van der Waals surface area contributed by atoms with Crippen molar-refractivity contribution in [3.63, 3.8) is 0 Å². The molecule has 0 bridgehead atoms. The molecule has 2 atom stereocenters. The van der Waals surface area contributed by atoms with Gasteiger partial charge in [0.05, 0.1) is 53.3 Å². The Bertz CT molecular complexity index is 1250. The van der Waals surface area contributed by atoms with Crippen LogP contribution in [-0.2, 0) is 11.3 Å². The molecule has 4 heterocycles. The van der Waals surface area contributed by atoms with E-state index in [4.69, 9.17) is 16.3 Å². The Labute approximate surface area is 218 Å². The molecule has 1 aromatic carbocycles. The largest absolute Gasteiger partial charge is 0.412 e. The second-order valence-electron chi connectivity index (χ2n) is 10.0. The fraction of sp³-hybridized carbons (Fsp3) is 0.542. The molecule has 37 heavy (non-hydrogen) atoms. The lowest BCUT2D eigenvalue weighted by molar-refractivity contribution is -0.0883. The molecule has 7 N–H and O–H groups in total. The molecule has 2 saturated heterocycles. The summed E-state index contributed by atoms with van der Waals surface area (Å²) in [6.07, 6.45) is 1.42. The average molecular weight is 541 g/mol. The van der Waals surface area contributed by atoms with E-state index >= 15 is 4.39 Å². The third kappa shape index (κ3) is 5.85. The number of ether oxygens (including phenoxy) is 1. The Hall–Kier alpha value is -2.45. The summed E-state index contributed by atoms with van der Waals surface area (Å²) < 4.78 is 22.6. The van der Waals surface area contributed by atoms with Gasteiger partial charge in [-0.1, -0.05) is 11.6 Å². The number of hydrogen-bond acceptors (Lipinski definition) is 8. The highest BCUT2D eigenvalue weighted by Gasteiger charge is 2.37. The minimum atomic E-state index is -0.691. The van der Waals surface area contributed by atoms with Crippen molar-refractivity contribution in [1.29, 1.82) is 0 Å². The summed E-state index contributed by atoms with van der Waals surface area (Å²) in [5, 5.41) is 23.7. The van der Waals surface area contributed by atoms with Crippen molar-refractivity contribution in [2.75, 3.05) is 31.6 Å². The van der Waals surface area contributed by atoms with Gasteiger partial charge in [-0.15, -0.1) is 0 Å². The quantitative estimate of drug-likeness (QED) is 0.420. The summed E-state index contributed by atoms with van der Waals surface area (Å²) in [5.41, 5.74) is 1.16. The van der Waals surface area contributed by atoms with Crippen LogP contribution < -0.4 is 5.32 Å². The number of aliphatic hydroxyl groups excluding tert-OH is 1. The summed E-state index contributed by atoms with van der Waals surface area (Å²) in [6.45, 7) is 8.27. The van der Waals surface area contributed by atoms with Crippen LogP contribution in [0.4, 0.5) is 10.3 Å². The minimum Gasteiger partial charge on any atom is -0.412 e. The van der Waals surface area contributed by atoms with E-state index in [1.165, 1.54) is 12.3 Å². The number of fused-ring (bicyclic) bond motifs is 1. The van der Waals surface area contributed by atoms with Crippen LogP contribution in [0.15, 0.2) is 18.3 Å². The van der Waals surface area contributed by atoms with Gasteiger partial charge in [0.15, 0.2) is 5.82 Å². The van der Waals surface area contributed by atoms with Crippen molar-refractivity contribution >= 4 is 28.6 Å². The van der Waals surface area contributed by atoms with E-state index in [0.29, 0.717) is 65.9 Å². The van der Waals surface area contributed by atoms with E-state index in [-0.39, 0.29) is 29.6 Å². The van der Waals surface area contributed by atoms with E-state index in [2.05, 4.69) is 25.2 Å². The molecule has 11 nitrogen and oxygen atoms in total. The SMILES string of the molecule is CC(C)n1c(CN2CC(C)(O)C2)nc2c(F)cc(-c3nc(N[C@@H]4CCOC[C@H]4O)ncc3Cl)cc21.O.O. The van der Waals surface area contributed by atoms with E-state index in [9.17, 15) is 10.2 Å². The zero-order chi connectivity index (χ0) is 24.9. The number of aromatic nitrogens is 4. The Morgan fingerprint density at radius 3 is 2.65 bits per heavy atom. The van der Waals surface area contributed by atoms with Gasteiger partial charge in [-0.25, -0.2) is 19.3 Å². The van der Waals surface area contributed by atoms with Gasteiger partial charge in [0.25, 0.3) is 0 Å². The fourth-order valence-electron chi connectivity index (χ4n) is 4.95. The molecule has 3 aromatic rings. The summed E-state index contributed by atoms with van der Waals surface area (Å²) in [6, 6.07) is 3.03. The summed E-state index contributed by atoms with van der Waals surface area (Å²) in [5.74, 6) is 0.586. The van der Waals surface area contributed by atoms with E-state index in [0.717, 1.165) is 5.82 Å². The number of rotatable bonds is 6. The number of imidazole rings is 1. The normalized spacial score (nSPS) is 21.3. The lowest BCUT2D eigenvalue weighted by Gasteiger charge is -2.44. The zero-order valence-electron chi connectivity index (χ0n) is 21.0. The first-order valence-corrected chi connectivity index (χ1v) is 12.2. The number of nitrogens with one attached hydrogen (secondary N) is 1. The highest BCUT2D eigenvalue weighted by molar-refractivity contribution is 6.33. The van der Waals surface area contributed by atoms with Crippen LogP contribution in [0.1, 0.15) is 39.1 Å². The standard InChI is InChI=1S/C24H30ClFN6O3.2H2O/c1-13(2)32-18-7-14(6-16(26)22(18)29-20(32)9-31-11-24(3,34)12-31)21-15(25)8-27-23(30-21)28-17-4-5-35-10-19(17)33;;/h6-8,13,17,19,33-34H,4-5,9-12H2,1-3H3,(H,27,28,30);2*1H2/t17-,19-;;/m1../s1. The van der Waals surface area contributed by atoms with Gasteiger partial charge >= 0.3 is 0 Å². The van der Waals surface area contributed by atoms with Crippen molar-refractivity contribution in [3.8, 4) is 11.3 Å². The highest BCUT2D eigenvalue weighted by atomic mass is 35.5. The molecule has 204 valence electrons. The maximum absolute atomic E-state index is 15.3. The van der Waals surface area contributed by atoms with Crippen LogP contribution in [0.5, 0.6) is 0 Å². The number of anilines is 1. The summed E-state index contributed by atoms with van der Waals surface area (Å²) in [7, 11) is 0. The van der Waals surface area contributed by atoms with E-state index in [1.54, 1.807) is 6.92 Å². The van der Waals surface area contributed by atoms with Crippen molar-refractivity contribution in [1.82, 2.24) is 24.4 Å². The average Bonchev–Trinajstić information content (AvgIpc) is 3.14. The second kappa shape index (κ2) is 11.1. The Morgan fingerprint density at radius 2 is 2.00 bits per heavy atom. The first kappa shape index (κ1) is 29.1. The predicted octanol–water partition coefficient (Wildman–Crippen LogP) is 1.35. The molecule has 0 amide bonds. The van der Waals surface area contributed by atoms with Crippen LogP contribution in [0.3, 0.4) is 0 Å². The maximum Gasteiger partial charge on any atom is 0.223 e. The molecular weight excluding hydrogens is 507 g/mol. The second-order valence-corrected chi connectivity index (χ2v) is 10.4. The molecular formula is C24H34ClFN6O5. The van der Waals surface area contributed by atoms with Gasteiger partial charge in [0.1, 0.15) is 11.3 Å². The van der Waals surface area contributed by atoms with Crippen LogP contribution in [-0.4, -0.2) is 89.6 Å². The smallest absolute Gasteiger partial charge is 0.223 e. The number of nitrogens with zero attached hydrogens (tertiary/aromatic N) is 5. The first-order chi connectivity index (χ1) is 16.6. The summed E-state index contributed by atoms with van der Waals surface area (Å²) >= 11 is 6.44. The molecule has 0 aliphatic carbocycles. The zero-order valence-corrected chi connectivity index (χ0v) is 21.8. The Balaban J connectivity index is 0.00000190. The fourth-order valence-corrected chi connectivity index (χ4v) is 5.15. The van der Waals surface area contributed by atoms with Gasteiger partial charge in [0.2, 0.25) is 5.95 Å². The lowest BCUT2D eigenvalue weighted by Crippen LogP contribution is -2.59. The molecule has 0 radical (unpaired) electrons. The molecule has 2 aliphatic heterocycles. The topological polar surface area (TPSA) is 172 Å². The molecule has 0 unspecified atom stereocenters. The highest BCUT2D eigenvalue weighted by Crippen LogP contribution is 2.33. The molecule has 2 aromatic heterocycles. The molecule has 0 saturated carbocycles. The summed E-state index contributed by atoms with van der Waals surface area (Å²) in [4.78, 5) is 15.5. The third-order valence-electron chi connectivity index (χ3n) is 6.49. The van der Waals surface area contributed by atoms with Crippen molar-refractivity contribution < 1.29 is 30.3 Å². The molecule has 0 spiro atoms. The van der Waals surface area contributed by atoms with Gasteiger partial charge in [-0.05, 0) is 39.3 Å². The number of hydrogen-bond donors (Lipinski definition) is 3. The van der Waals surface area contributed by atoms with Crippen molar-refractivity contribution in [3.05, 3.63) is 35.0 Å². The third-order valence-corrected chi connectivity index (χ3v) is 6.77. The van der Waals surface area contributed by atoms with Crippen LogP contribution in [0, 0.1) is 5.82 Å². The molecule has 5 rings (SSSR count). The molecule has 2 aliphatic rings. The monoisotopic (exact) mass is 540 g/mol. The van der Waals surface area contributed by atoms with E-state index in [1.807, 2.05) is 24.5 Å². The predicted molar refractivity (Wildman–Crippen MR) is 138 cm³/mol. The lowest BCUT2D eigenvalue weighted by atomic mass is 9.97.